The molecule has 0 aliphatic carbocycles. The van der Waals surface area contributed by atoms with Crippen molar-refractivity contribution in [1.82, 2.24) is 35.2 Å². The molecule has 29 heavy (non-hydrogen) atoms. The largest absolute Gasteiger partial charge is 0.333 e. The van der Waals surface area contributed by atoms with Gasteiger partial charge in [-0.25, -0.2) is 14.6 Å². The van der Waals surface area contributed by atoms with Crippen LogP contribution in [0, 0.1) is 12.8 Å². The third-order valence-corrected chi connectivity index (χ3v) is 6.30. The summed E-state index contributed by atoms with van der Waals surface area (Å²) in [4.78, 5) is 14.7. The molecule has 0 radical (unpaired) electrons. The molecule has 0 aromatic carbocycles. The second kappa shape index (κ2) is 7.84. The summed E-state index contributed by atoms with van der Waals surface area (Å²) >= 11 is 1.66. The van der Waals surface area contributed by atoms with Gasteiger partial charge in [-0.1, -0.05) is 5.16 Å². The molecule has 5 heterocycles. The van der Waals surface area contributed by atoms with Crippen molar-refractivity contribution in [2.75, 3.05) is 13.1 Å². The second-order valence-corrected chi connectivity index (χ2v) is 8.28. The first-order chi connectivity index (χ1) is 14.3. The first kappa shape index (κ1) is 18.1. The molecular weight excluding hydrogens is 386 g/mol. The Morgan fingerprint density at radius 2 is 2.14 bits per heavy atom. The van der Waals surface area contributed by atoms with Gasteiger partial charge in [-0.2, -0.15) is 10.1 Å². The Morgan fingerprint density at radius 1 is 1.24 bits per heavy atom. The number of rotatable bonds is 5. The summed E-state index contributed by atoms with van der Waals surface area (Å²) in [5.41, 5.74) is 1.74. The molecule has 0 bridgehead atoms. The van der Waals surface area contributed by atoms with Gasteiger partial charge in [0.05, 0.1) is 10.7 Å². The van der Waals surface area contributed by atoms with Crippen LogP contribution in [0.2, 0.25) is 0 Å². The lowest BCUT2D eigenvalue weighted by Gasteiger charge is -2.21. The zero-order valence-electron chi connectivity index (χ0n) is 16.1. The molecule has 0 saturated carbocycles. The molecule has 148 valence electrons. The van der Waals surface area contributed by atoms with Crippen molar-refractivity contribution >= 4 is 11.3 Å². The van der Waals surface area contributed by atoms with Gasteiger partial charge in [0, 0.05) is 30.6 Å². The van der Waals surface area contributed by atoms with Crippen molar-refractivity contribution in [3.8, 4) is 28.0 Å². The fraction of sp³-hybridized carbons (Fsp3) is 0.350. The van der Waals surface area contributed by atoms with Crippen LogP contribution in [0.4, 0.5) is 0 Å². The number of thiazole rings is 1. The lowest BCUT2D eigenvalue weighted by Crippen LogP contribution is -2.28. The fourth-order valence-corrected chi connectivity index (χ4v) is 4.66. The highest BCUT2D eigenvalue weighted by Crippen LogP contribution is 2.32. The molecular formula is C20H21N7OS. The Hall–Kier alpha value is -2.91. The smallest absolute Gasteiger partial charge is 0.270 e. The average molecular weight is 408 g/mol. The Labute approximate surface area is 172 Å². The molecule has 0 spiro atoms. The minimum Gasteiger partial charge on any atom is -0.333 e. The van der Waals surface area contributed by atoms with Gasteiger partial charge in [-0.3, -0.25) is 0 Å². The van der Waals surface area contributed by atoms with Crippen LogP contribution < -0.4 is 5.32 Å². The zero-order valence-corrected chi connectivity index (χ0v) is 16.9. The monoisotopic (exact) mass is 407 g/mol. The van der Waals surface area contributed by atoms with Crippen LogP contribution in [0.25, 0.3) is 28.0 Å². The van der Waals surface area contributed by atoms with E-state index in [0.717, 1.165) is 46.5 Å². The van der Waals surface area contributed by atoms with E-state index in [9.17, 15) is 0 Å². The average Bonchev–Trinajstić information content (AvgIpc) is 3.50. The number of hydrogen-bond acceptors (Lipinski definition) is 8. The standard InChI is InChI=1S/C20H21N7OS/c1-13-18(29-17(24-13)11-14-5-8-21-9-6-14)20-25-19(26-28-20)15-3-4-16(22-12-15)27-10-2-7-23-27/h2-4,7,10,12,14,21H,5-6,8-9,11H2,1H3. The van der Waals surface area contributed by atoms with Crippen molar-refractivity contribution in [2.45, 2.75) is 26.2 Å². The Kier molecular flexibility index (Phi) is 4.91. The van der Waals surface area contributed by atoms with Crippen molar-refractivity contribution in [1.29, 1.82) is 0 Å². The van der Waals surface area contributed by atoms with E-state index in [-0.39, 0.29) is 0 Å². The van der Waals surface area contributed by atoms with Crippen LogP contribution in [0.3, 0.4) is 0 Å². The lowest BCUT2D eigenvalue weighted by atomic mass is 9.95. The summed E-state index contributed by atoms with van der Waals surface area (Å²) in [6, 6.07) is 5.66. The molecule has 1 saturated heterocycles. The quantitative estimate of drug-likeness (QED) is 0.542. The van der Waals surface area contributed by atoms with Crippen LogP contribution in [0.1, 0.15) is 23.5 Å². The van der Waals surface area contributed by atoms with Gasteiger partial charge in [0.2, 0.25) is 5.82 Å². The van der Waals surface area contributed by atoms with Crippen LogP contribution in [-0.2, 0) is 6.42 Å². The maximum absolute atomic E-state index is 5.55. The summed E-state index contributed by atoms with van der Waals surface area (Å²) in [5, 5.41) is 12.9. The van der Waals surface area contributed by atoms with Crippen LogP contribution in [-0.4, -0.2) is 43.0 Å². The molecule has 1 N–H and O–H groups in total. The minimum absolute atomic E-state index is 0.516. The van der Waals surface area contributed by atoms with E-state index in [1.54, 1.807) is 28.4 Å². The van der Waals surface area contributed by atoms with Crippen LogP contribution >= 0.6 is 11.3 Å². The van der Waals surface area contributed by atoms with E-state index in [1.165, 1.54) is 12.8 Å². The number of piperidine rings is 1. The Balaban J connectivity index is 1.34. The van der Waals surface area contributed by atoms with Crippen molar-refractivity contribution < 1.29 is 4.52 Å². The molecule has 4 aromatic heterocycles. The number of hydrogen-bond donors (Lipinski definition) is 1. The molecule has 1 fully saturated rings. The number of nitrogens with one attached hydrogen (secondary N) is 1. The van der Waals surface area contributed by atoms with Crippen molar-refractivity contribution in [2.24, 2.45) is 5.92 Å². The number of aromatic nitrogens is 6. The summed E-state index contributed by atoms with van der Waals surface area (Å²) in [6.45, 7) is 4.20. The maximum Gasteiger partial charge on any atom is 0.270 e. The summed E-state index contributed by atoms with van der Waals surface area (Å²) in [5.74, 6) is 2.48. The summed E-state index contributed by atoms with van der Waals surface area (Å²) in [6.07, 6.45) is 8.74. The van der Waals surface area contributed by atoms with E-state index in [4.69, 9.17) is 9.51 Å². The van der Waals surface area contributed by atoms with Crippen LogP contribution in [0.15, 0.2) is 41.3 Å². The van der Waals surface area contributed by atoms with Crippen molar-refractivity contribution in [3.63, 3.8) is 0 Å². The highest BCUT2D eigenvalue weighted by atomic mass is 32.1. The molecule has 9 heteroatoms. The molecule has 0 amide bonds. The summed E-state index contributed by atoms with van der Waals surface area (Å²) < 4.78 is 7.25. The van der Waals surface area contributed by atoms with E-state index in [1.807, 2.05) is 31.3 Å². The van der Waals surface area contributed by atoms with E-state index >= 15 is 0 Å². The third-order valence-electron chi connectivity index (χ3n) is 5.13. The van der Waals surface area contributed by atoms with Gasteiger partial charge in [-0.05, 0) is 57.0 Å². The molecule has 5 rings (SSSR count). The SMILES string of the molecule is Cc1nc(CC2CCNCC2)sc1-c1nc(-c2ccc(-n3cccn3)nc2)no1. The predicted molar refractivity (Wildman–Crippen MR) is 110 cm³/mol. The number of aryl methyl sites for hydroxylation is 1. The van der Waals surface area contributed by atoms with E-state index in [0.29, 0.717) is 17.6 Å². The minimum atomic E-state index is 0.516. The van der Waals surface area contributed by atoms with Gasteiger partial charge in [0.15, 0.2) is 5.82 Å². The summed E-state index contributed by atoms with van der Waals surface area (Å²) in [7, 11) is 0. The third kappa shape index (κ3) is 3.83. The molecule has 1 aliphatic heterocycles. The Morgan fingerprint density at radius 3 is 2.90 bits per heavy atom. The Bertz CT molecular complexity index is 1080. The lowest BCUT2D eigenvalue weighted by molar-refractivity contribution is 0.372. The van der Waals surface area contributed by atoms with Gasteiger partial charge in [-0.15, -0.1) is 11.3 Å². The molecule has 4 aromatic rings. The van der Waals surface area contributed by atoms with Crippen LogP contribution in [0.5, 0.6) is 0 Å². The highest BCUT2D eigenvalue weighted by molar-refractivity contribution is 7.15. The van der Waals surface area contributed by atoms with E-state index in [2.05, 4.69) is 25.5 Å². The number of pyridine rings is 1. The highest BCUT2D eigenvalue weighted by Gasteiger charge is 2.20. The van der Waals surface area contributed by atoms with Crippen molar-refractivity contribution in [3.05, 3.63) is 47.5 Å². The molecule has 0 atom stereocenters. The maximum atomic E-state index is 5.55. The fourth-order valence-electron chi connectivity index (χ4n) is 3.56. The number of nitrogens with zero attached hydrogens (tertiary/aromatic N) is 6. The van der Waals surface area contributed by atoms with E-state index < -0.39 is 0 Å². The first-order valence-corrected chi connectivity index (χ1v) is 10.6. The van der Waals surface area contributed by atoms with Gasteiger partial charge < -0.3 is 9.84 Å². The zero-order chi connectivity index (χ0) is 19.6. The normalized spacial score (nSPS) is 15.1. The molecule has 1 aliphatic rings. The molecule has 8 nitrogen and oxygen atoms in total. The van der Waals surface area contributed by atoms with Gasteiger partial charge in [0.25, 0.3) is 5.89 Å². The van der Waals surface area contributed by atoms with Gasteiger partial charge in [0.1, 0.15) is 4.88 Å². The first-order valence-electron chi connectivity index (χ1n) is 9.74. The second-order valence-electron chi connectivity index (χ2n) is 7.20. The topological polar surface area (TPSA) is 94.6 Å². The molecule has 0 unspecified atom stereocenters. The predicted octanol–water partition coefficient (Wildman–Crippen LogP) is 3.29. The van der Waals surface area contributed by atoms with Gasteiger partial charge >= 0.3 is 0 Å².